The van der Waals surface area contributed by atoms with E-state index in [4.69, 9.17) is 4.74 Å². The molecule has 7 nitrogen and oxygen atoms in total. The Morgan fingerprint density at radius 3 is 2.85 bits per heavy atom. The summed E-state index contributed by atoms with van der Waals surface area (Å²) in [6.45, 7) is 8.20. The van der Waals surface area contributed by atoms with E-state index in [-0.39, 0.29) is 11.7 Å². The Hall–Kier alpha value is -3.74. The highest BCUT2D eigenvalue weighted by atomic mass is 16.5. The molecule has 1 aliphatic heterocycles. The number of ketones is 1. The second kappa shape index (κ2) is 8.31. The zero-order valence-corrected chi connectivity index (χ0v) is 18.9. The van der Waals surface area contributed by atoms with Crippen LogP contribution in [0.5, 0.6) is 5.88 Å². The van der Waals surface area contributed by atoms with Crippen LogP contribution in [-0.2, 0) is 24.1 Å². The van der Waals surface area contributed by atoms with Crippen LogP contribution in [0.4, 0.5) is 5.69 Å². The average molecular weight is 443 g/mol. The molecule has 0 unspecified atom stereocenters. The fourth-order valence-electron chi connectivity index (χ4n) is 4.85. The molecule has 0 saturated carbocycles. The number of H-pyrrole nitrogens is 1. The Kier molecular flexibility index (Phi) is 5.32. The van der Waals surface area contributed by atoms with Crippen molar-refractivity contribution < 1.29 is 14.3 Å². The first-order chi connectivity index (χ1) is 16.0. The summed E-state index contributed by atoms with van der Waals surface area (Å²) < 4.78 is 5.64. The molecule has 2 aliphatic rings. The van der Waals surface area contributed by atoms with Crippen molar-refractivity contribution in [3.8, 4) is 28.4 Å². The highest BCUT2D eigenvalue weighted by molar-refractivity contribution is 6.02. The van der Waals surface area contributed by atoms with Crippen LogP contribution in [0.25, 0.3) is 22.5 Å². The molecular weight excluding hydrogens is 416 g/mol. The first kappa shape index (κ1) is 21.1. The maximum absolute atomic E-state index is 12.4. The van der Waals surface area contributed by atoms with Crippen molar-refractivity contribution in [3.05, 3.63) is 59.6 Å². The number of anilines is 1. The summed E-state index contributed by atoms with van der Waals surface area (Å²) in [5.74, 6) is 0.354. The Bertz CT molecular complexity index is 1290. The minimum absolute atomic E-state index is 0.111. The number of ether oxygens (including phenoxy) is 1. The summed E-state index contributed by atoms with van der Waals surface area (Å²) in [6.07, 6.45) is 8.41. The smallest absolute Gasteiger partial charge is 0.250 e. The van der Waals surface area contributed by atoms with Crippen molar-refractivity contribution in [2.45, 2.75) is 39.5 Å². The number of hydrogen-bond donors (Lipinski definition) is 1. The van der Waals surface area contributed by atoms with Gasteiger partial charge in [0, 0.05) is 40.5 Å². The summed E-state index contributed by atoms with van der Waals surface area (Å²) in [6, 6.07) is 3.94. The number of amides is 1. The molecule has 1 N–H and O–H groups in total. The maximum atomic E-state index is 12.4. The third-order valence-corrected chi connectivity index (χ3v) is 6.35. The van der Waals surface area contributed by atoms with Gasteiger partial charge in [-0.2, -0.15) is 0 Å². The summed E-state index contributed by atoms with van der Waals surface area (Å²) in [7, 11) is 0. The second-order valence-electron chi connectivity index (χ2n) is 8.46. The maximum Gasteiger partial charge on any atom is 0.250 e. The lowest BCUT2D eigenvalue weighted by Gasteiger charge is -2.28. The Balaban J connectivity index is 1.60. The zero-order valence-electron chi connectivity index (χ0n) is 18.9. The van der Waals surface area contributed by atoms with Crippen LogP contribution in [0, 0.1) is 0 Å². The molecule has 0 fully saturated rings. The zero-order chi connectivity index (χ0) is 23.1. The van der Waals surface area contributed by atoms with Crippen molar-refractivity contribution in [2.75, 3.05) is 18.1 Å². The number of carbonyl (C=O) groups is 2. The molecule has 0 aromatic carbocycles. The number of nitrogens with zero attached hydrogens (tertiary/aromatic N) is 3. The standard InChI is InChI=1S/C26H26N4O3/c1-4-6-20-24(15(3)31)18-8-7-16-13-27-21(12-19(16)25(18)29-20)17-11-22-26(28-14-17)33-10-9-30(22)23(32)5-2/h5,11-14,29H,2,4,6-10H2,1,3H3. The predicted octanol–water partition coefficient (Wildman–Crippen LogP) is 4.30. The van der Waals surface area contributed by atoms with E-state index in [1.165, 1.54) is 6.08 Å². The quantitative estimate of drug-likeness (QED) is 0.470. The van der Waals surface area contributed by atoms with Gasteiger partial charge in [-0.05, 0) is 55.5 Å². The number of aromatic nitrogens is 3. The van der Waals surface area contributed by atoms with Crippen molar-refractivity contribution in [3.63, 3.8) is 0 Å². The number of pyridine rings is 2. The third-order valence-electron chi connectivity index (χ3n) is 6.35. The van der Waals surface area contributed by atoms with E-state index < -0.39 is 0 Å². The molecule has 3 aromatic rings. The topological polar surface area (TPSA) is 88.2 Å². The summed E-state index contributed by atoms with van der Waals surface area (Å²) >= 11 is 0. The average Bonchev–Trinajstić information content (AvgIpc) is 3.21. The molecular formula is C26H26N4O3. The van der Waals surface area contributed by atoms with Crippen molar-refractivity contribution in [1.29, 1.82) is 0 Å². The molecule has 7 heteroatoms. The molecule has 1 aliphatic carbocycles. The van der Waals surface area contributed by atoms with Gasteiger partial charge in [0.15, 0.2) is 5.78 Å². The fraction of sp³-hybridized carbons (Fsp3) is 0.308. The van der Waals surface area contributed by atoms with Gasteiger partial charge in [0.2, 0.25) is 5.88 Å². The van der Waals surface area contributed by atoms with Crippen LogP contribution >= 0.6 is 0 Å². The first-order valence-electron chi connectivity index (χ1n) is 11.3. The lowest BCUT2D eigenvalue weighted by atomic mass is 9.87. The Morgan fingerprint density at radius 2 is 2.09 bits per heavy atom. The van der Waals surface area contributed by atoms with Crippen LogP contribution in [0.2, 0.25) is 0 Å². The van der Waals surface area contributed by atoms with Crippen molar-refractivity contribution in [1.82, 2.24) is 15.0 Å². The highest BCUT2D eigenvalue weighted by Crippen LogP contribution is 2.39. The third kappa shape index (κ3) is 3.53. The van der Waals surface area contributed by atoms with E-state index >= 15 is 0 Å². The number of carbonyl (C=O) groups excluding carboxylic acids is 2. The van der Waals surface area contributed by atoms with Gasteiger partial charge >= 0.3 is 0 Å². The number of Topliss-reactive ketones (excluding diaryl/α,β-unsaturated/α-hetero) is 1. The van der Waals surface area contributed by atoms with Gasteiger partial charge < -0.3 is 14.6 Å². The van der Waals surface area contributed by atoms with Gasteiger partial charge in [-0.25, -0.2) is 4.98 Å². The number of rotatable bonds is 5. The number of hydrogen-bond acceptors (Lipinski definition) is 5. The number of aromatic amines is 1. The van der Waals surface area contributed by atoms with Gasteiger partial charge in [-0.1, -0.05) is 19.9 Å². The number of fused-ring (bicyclic) bond motifs is 4. The van der Waals surface area contributed by atoms with E-state index in [0.717, 1.165) is 70.6 Å². The van der Waals surface area contributed by atoms with Crippen LogP contribution in [0.15, 0.2) is 37.2 Å². The summed E-state index contributed by atoms with van der Waals surface area (Å²) in [5.41, 5.74) is 8.39. The lowest BCUT2D eigenvalue weighted by molar-refractivity contribution is -0.114. The van der Waals surface area contributed by atoms with E-state index in [9.17, 15) is 9.59 Å². The fourth-order valence-corrected chi connectivity index (χ4v) is 4.85. The normalized spacial score (nSPS) is 14.1. The molecule has 0 saturated heterocycles. The van der Waals surface area contributed by atoms with Gasteiger partial charge in [0.1, 0.15) is 12.3 Å². The van der Waals surface area contributed by atoms with Gasteiger partial charge in [0.05, 0.1) is 12.2 Å². The summed E-state index contributed by atoms with van der Waals surface area (Å²) in [4.78, 5) is 39.1. The Labute approximate surface area is 192 Å². The highest BCUT2D eigenvalue weighted by Gasteiger charge is 2.27. The molecule has 33 heavy (non-hydrogen) atoms. The number of aryl methyl sites for hydroxylation is 2. The second-order valence-corrected chi connectivity index (χ2v) is 8.46. The van der Waals surface area contributed by atoms with Gasteiger partial charge in [0.25, 0.3) is 5.91 Å². The number of nitrogens with one attached hydrogen (secondary N) is 1. The minimum atomic E-state index is -0.187. The van der Waals surface area contributed by atoms with Crippen LogP contribution in [-0.4, -0.2) is 39.8 Å². The molecule has 0 bridgehead atoms. The predicted molar refractivity (Wildman–Crippen MR) is 127 cm³/mol. The monoisotopic (exact) mass is 442 g/mol. The minimum Gasteiger partial charge on any atom is -0.474 e. The lowest BCUT2D eigenvalue weighted by Crippen LogP contribution is -2.37. The molecule has 0 atom stereocenters. The van der Waals surface area contributed by atoms with E-state index in [1.807, 2.05) is 12.3 Å². The van der Waals surface area contributed by atoms with Crippen LogP contribution in [0.3, 0.4) is 0 Å². The molecule has 4 heterocycles. The van der Waals surface area contributed by atoms with Gasteiger partial charge in [-0.3, -0.25) is 14.6 Å². The Morgan fingerprint density at radius 1 is 1.24 bits per heavy atom. The van der Waals surface area contributed by atoms with Gasteiger partial charge in [-0.15, -0.1) is 0 Å². The molecule has 168 valence electrons. The van der Waals surface area contributed by atoms with E-state index in [1.54, 1.807) is 18.0 Å². The largest absolute Gasteiger partial charge is 0.474 e. The molecule has 1 amide bonds. The van der Waals surface area contributed by atoms with Crippen molar-refractivity contribution in [2.24, 2.45) is 0 Å². The summed E-state index contributed by atoms with van der Waals surface area (Å²) in [5, 5.41) is 0. The van der Waals surface area contributed by atoms with E-state index in [2.05, 4.69) is 34.5 Å². The van der Waals surface area contributed by atoms with Crippen molar-refractivity contribution >= 4 is 17.4 Å². The molecule has 0 radical (unpaired) electrons. The molecule has 5 rings (SSSR count). The molecule has 3 aromatic heterocycles. The SMILES string of the molecule is C=CC(=O)N1CCOc2ncc(-c3cc4c(cn3)CCc3c-4[nH]c(CCC)c3C(C)=O)cc21. The first-order valence-corrected chi connectivity index (χ1v) is 11.3. The van der Waals surface area contributed by atoms with Crippen LogP contribution < -0.4 is 9.64 Å². The van der Waals surface area contributed by atoms with Crippen LogP contribution in [0.1, 0.15) is 47.4 Å². The molecule has 0 spiro atoms. The van der Waals surface area contributed by atoms with E-state index in [0.29, 0.717) is 24.7 Å².